The number of hydrogen-bond donors (Lipinski definition) is 1. The molecule has 0 aromatic rings. The van der Waals surface area contributed by atoms with Crippen LogP contribution in [-0.2, 0) is 9.06 Å². The van der Waals surface area contributed by atoms with Gasteiger partial charge in [-0.1, -0.05) is 12.2 Å². The van der Waals surface area contributed by atoms with Gasteiger partial charge in [0.2, 0.25) is 0 Å². The molecule has 3 nitrogen and oxygen atoms in total. The van der Waals surface area contributed by atoms with Crippen molar-refractivity contribution in [3.63, 3.8) is 0 Å². The molecule has 0 rings (SSSR count). The molecule has 0 radical (unpaired) electrons. The highest BCUT2D eigenvalue weighted by Crippen LogP contribution is 2.08. The zero-order valence-electron chi connectivity index (χ0n) is 6.12. The molecule has 0 aromatic carbocycles. The Morgan fingerprint density at radius 1 is 1.36 bits per heavy atom. The second-order valence-electron chi connectivity index (χ2n) is 1.66. The highest BCUT2D eigenvalue weighted by atomic mass is 33.1. The zero-order chi connectivity index (χ0) is 8.74. The van der Waals surface area contributed by atoms with E-state index in [9.17, 15) is 8.42 Å². The van der Waals surface area contributed by atoms with Crippen LogP contribution in [0.4, 0.5) is 0 Å². The lowest BCUT2D eigenvalue weighted by Crippen LogP contribution is -2.20. The predicted octanol–water partition coefficient (Wildman–Crippen LogP) is 0.926. The second-order valence-corrected chi connectivity index (χ2v) is 5.45. The van der Waals surface area contributed by atoms with Gasteiger partial charge in [0, 0.05) is 12.3 Å². The van der Waals surface area contributed by atoms with Crippen molar-refractivity contribution in [1.82, 2.24) is 4.72 Å². The highest BCUT2D eigenvalue weighted by Gasteiger charge is 2.06. The van der Waals surface area contributed by atoms with Gasteiger partial charge in [-0.2, -0.15) is 0 Å². The molecule has 0 aliphatic rings. The van der Waals surface area contributed by atoms with Crippen molar-refractivity contribution in [2.24, 2.45) is 0 Å². The first-order valence-corrected chi connectivity index (χ1v) is 5.96. The fourth-order valence-corrected chi connectivity index (χ4v) is 2.30. The van der Waals surface area contributed by atoms with Crippen LogP contribution in [-0.4, -0.2) is 20.7 Å². The van der Waals surface area contributed by atoms with Crippen LogP contribution < -0.4 is 4.72 Å². The average molecular weight is 193 g/mol. The lowest BCUT2D eigenvalue weighted by Gasteiger charge is -1.99. The summed E-state index contributed by atoms with van der Waals surface area (Å²) in [6.45, 7) is 7.07. The SMILES string of the molecule is C=CCNS(=O)(=O)SCC=C. The van der Waals surface area contributed by atoms with Gasteiger partial charge in [0.15, 0.2) is 0 Å². The van der Waals surface area contributed by atoms with Gasteiger partial charge < -0.3 is 0 Å². The maximum absolute atomic E-state index is 10.9. The first-order chi connectivity index (χ1) is 5.12. The molecule has 0 bridgehead atoms. The molecule has 0 aliphatic heterocycles. The summed E-state index contributed by atoms with van der Waals surface area (Å²) in [5.74, 6) is 0.395. The average Bonchev–Trinajstić information content (AvgIpc) is 1.97. The second kappa shape index (κ2) is 5.40. The van der Waals surface area contributed by atoms with Crippen molar-refractivity contribution in [2.75, 3.05) is 12.3 Å². The molecule has 0 aromatic heterocycles. The van der Waals surface area contributed by atoms with E-state index >= 15 is 0 Å². The normalized spacial score (nSPS) is 10.9. The van der Waals surface area contributed by atoms with E-state index in [0.29, 0.717) is 5.75 Å². The van der Waals surface area contributed by atoms with Crippen LogP contribution in [0.1, 0.15) is 0 Å². The Bertz CT molecular complexity index is 203. The molecule has 0 saturated carbocycles. The fraction of sp³-hybridized carbons (Fsp3) is 0.333. The minimum absolute atomic E-state index is 0.270. The summed E-state index contributed by atoms with van der Waals surface area (Å²) in [5.41, 5.74) is 0. The summed E-state index contributed by atoms with van der Waals surface area (Å²) in [7, 11) is -2.37. The van der Waals surface area contributed by atoms with Gasteiger partial charge in [0.25, 0.3) is 9.06 Å². The van der Waals surface area contributed by atoms with Gasteiger partial charge in [0.05, 0.1) is 0 Å². The lowest BCUT2D eigenvalue weighted by atomic mass is 10.7. The first kappa shape index (κ1) is 10.7. The van der Waals surface area contributed by atoms with Gasteiger partial charge >= 0.3 is 0 Å². The van der Waals surface area contributed by atoms with E-state index in [1.807, 2.05) is 0 Å². The van der Waals surface area contributed by atoms with Crippen molar-refractivity contribution in [3.05, 3.63) is 25.3 Å². The van der Waals surface area contributed by atoms with E-state index in [2.05, 4.69) is 17.9 Å². The maximum Gasteiger partial charge on any atom is 0.265 e. The van der Waals surface area contributed by atoms with Crippen molar-refractivity contribution < 1.29 is 8.42 Å². The molecular weight excluding hydrogens is 182 g/mol. The third-order valence-electron chi connectivity index (χ3n) is 0.745. The Balaban J connectivity index is 3.80. The molecular formula is C6H11NO2S2. The van der Waals surface area contributed by atoms with Crippen LogP contribution in [0, 0.1) is 0 Å². The van der Waals surface area contributed by atoms with Gasteiger partial charge in [-0.05, 0) is 10.8 Å². The monoisotopic (exact) mass is 193 g/mol. The summed E-state index contributed by atoms with van der Waals surface area (Å²) >= 11 is 0. The summed E-state index contributed by atoms with van der Waals surface area (Å²) in [4.78, 5) is 0. The topological polar surface area (TPSA) is 46.2 Å². The van der Waals surface area contributed by atoms with Gasteiger partial charge in [0.1, 0.15) is 0 Å². The molecule has 0 heterocycles. The summed E-state index contributed by atoms with van der Waals surface area (Å²) < 4.78 is 24.1. The van der Waals surface area contributed by atoms with E-state index in [1.54, 1.807) is 0 Å². The molecule has 0 saturated heterocycles. The molecule has 0 atom stereocenters. The third kappa shape index (κ3) is 6.15. The minimum atomic E-state index is -3.18. The van der Waals surface area contributed by atoms with Crippen LogP contribution in [0.25, 0.3) is 0 Å². The van der Waals surface area contributed by atoms with E-state index in [0.717, 1.165) is 10.8 Å². The van der Waals surface area contributed by atoms with E-state index in [1.165, 1.54) is 12.2 Å². The van der Waals surface area contributed by atoms with Crippen LogP contribution >= 0.6 is 10.8 Å². The molecule has 0 spiro atoms. The Hall–Kier alpha value is -0.260. The number of hydrogen-bond acceptors (Lipinski definition) is 3. The Labute approximate surface area is 71.0 Å². The highest BCUT2D eigenvalue weighted by molar-refractivity contribution is 8.71. The van der Waals surface area contributed by atoms with Crippen LogP contribution in [0.5, 0.6) is 0 Å². The Morgan fingerprint density at radius 2 is 2.00 bits per heavy atom. The lowest BCUT2D eigenvalue weighted by molar-refractivity contribution is 0.601. The molecule has 0 unspecified atom stereocenters. The van der Waals surface area contributed by atoms with Crippen molar-refractivity contribution >= 4 is 19.8 Å². The fourth-order valence-electron chi connectivity index (χ4n) is 0.340. The molecule has 1 N–H and O–H groups in total. The van der Waals surface area contributed by atoms with E-state index < -0.39 is 9.06 Å². The van der Waals surface area contributed by atoms with E-state index in [4.69, 9.17) is 0 Å². The smallest absolute Gasteiger partial charge is 0.202 e. The predicted molar refractivity (Wildman–Crippen MR) is 49.8 cm³/mol. The van der Waals surface area contributed by atoms with Crippen molar-refractivity contribution in [1.29, 1.82) is 0 Å². The molecule has 5 heteroatoms. The summed E-state index contributed by atoms with van der Waals surface area (Å²) in [5, 5.41) is 0. The van der Waals surface area contributed by atoms with Crippen LogP contribution in [0.3, 0.4) is 0 Å². The summed E-state index contributed by atoms with van der Waals surface area (Å²) in [6.07, 6.45) is 3.03. The first-order valence-electron chi connectivity index (χ1n) is 2.98. The quantitative estimate of drug-likeness (QED) is 0.504. The van der Waals surface area contributed by atoms with Crippen LogP contribution in [0.15, 0.2) is 25.3 Å². The zero-order valence-corrected chi connectivity index (χ0v) is 7.75. The van der Waals surface area contributed by atoms with Crippen molar-refractivity contribution in [3.8, 4) is 0 Å². The van der Waals surface area contributed by atoms with Gasteiger partial charge in [-0.15, -0.1) is 13.2 Å². The third-order valence-corrected chi connectivity index (χ3v) is 3.64. The Kier molecular flexibility index (Phi) is 5.27. The van der Waals surface area contributed by atoms with Gasteiger partial charge in [-0.25, -0.2) is 13.1 Å². The maximum atomic E-state index is 10.9. The van der Waals surface area contributed by atoms with Crippen LogP contribution in [0.2, 0.25) is 0 Å². The Morgan fingerprint density at radius 3 is 2.45 bits per heavy atom. The largest absolute Gasteiger partial charge is 0.265 e. The molecule has 0 fully saturated rings. The van der Waals surface area contributed by atoms with Crippen molar-refractivity contribution in [2.45, 2.75) is 0 Å². The molecule has 64 valence electrons. The van der Waals surface area contributed by atoms with Gasteiger partial charge in [-0.3, -0.25) is 0 Å². The minimum Gasteiger partial charge on any atom is -0.202 e. The standard InChI is InChI=1S/C6H11NO2S2/c1-3-5-7-11(8,9)10-6-4-2/h3-4,7H,1-2,5-6H2. The molecule has 11 heavy (non-hydrogen) atoms. The molecule has 0 amide bonds. The summed E-state index contributed by atoms with van der Waals surface area (Å²) in [6, 6.07) is 0. The van der Waals surface area contributed by atoms with E-state index in [-0.39, 0.29) is 6.54 Å². The number of nitrogens with one attached hydrogen (secondary N) is 1. The molecule has 0 aliphatic carbocycles. The number of rotatable bonds is 6.